The van der Waals surface area contributed by atoms with E-state index in [1.54, 1.807) is 24.3 Å². The first-order valence-corrected chi connectivity index (χ1v) is 8.61. The van der Waals surface area contributed by atoms with Crippen molar-refractivity contribution in [3.63, 3.8) is 0 Å². The molecule has 1 aromatic heterocycles. The van der Waals surface area contributed by atoms with Crippen molar-refractivity contribution in [2.45, 2.75) is 13.5 Å². The number of fused-ring (bicyclic) bond motifs is 1. The van der Waals surface area contributed by atoms with Gasteiger partial charge in [0.1, 0.15) is 23.8 Å². The molecular weight excluding hydrogens is 343 g/mol. The maximum atomic E-state index is 13.4. The Hall–Kier alpha value is -3.40. The minimum atomic E-state index is -0.423. The summed E-state index contributed by atoms with van der Waals surface area (Å²) in [5.41, 5.74) is 3.00. The molecule has 4 rings (SSSR count). The van der Waals surface area contributed by atoms with Gasteiger partial charge in [-0.25, -0.2) is 9.18 Å². The molecule has 0 aliphatic carbocycles. The van der Waals surface area contributed by atoms with E-state index in [1.807, 2.05) is 43.3 Å². The lowest BCUT2D eigenvalue weighted by molar-refractivity contribution is 0.307. The molecule has 0 aliphatic heterocycles. The van der Waals surface area contributed by atoms with Crippen LogP contribution in [0.5, 0.6) is 5.75 Å². The quantitative estimate of drug-likeness (QED) is 0.452. The van der Waals surface area contributed by atoms with Crippen LogP contribution in [0.3, 0.4) is 0 Å². The average molecular weight is 360 g/mol. The van der Waals surface area contributed by atoms with Gasteiger partial charge in [-0.1, -0.05) is 42.0 Å². The van der Waals surface area contributed by atoms with Crippen LogP contribution in [0.25, 0.3) is 22.1 Å². The SMILES string of the molecule is Cc1ccc2oc(=O)c(-c3ccccc3OCc3cccc(F)c3)cc2c1. The fourth-order valence-electron chi connectivity index (χ4n) is 3.03. The lowest BCUT2D eigenvalue weighted by atomic mass is 10.0. The highest BCUT2D eigenvalue weighted by atomic mass is 19.1. The molecule has 0 amide bonds. The molecule has 27 heavy (non-hydrogen) atoms. The van der Waals surface area contributed by atoms with Crippen molar-refractivity contribution < 1.29 is 13.5 Å². The lowest BCUT2D eigenvalue weighted by Crippen LogP contribution is -2.05. The Bertz CT molecular complexity index is 1180. The van der Waals surface area contributed by atoms with Gasteiger partial charge in [-0.3, -0.25) is 0 Å². The van der Waals surface area contributed by atoms with Gasteiger partial charge in [0, 0.05) is 10.9 Å². The summed E-state index contributed by atoms with van der Waals surface area (Å²) >= 11 is 0. The minimum absolute atomic E-state index is 0.201. The molecule has 3 nitrogen and oxygen atoms in total. The Morgan fingerprint density at radius 2 is 1.78 bits per heavy atom. The summed E-state index contributed by atoms with van der Waals surface area (Å²) in [5, 5.41) is 0.851. The van der Waals surface area contributed by atoms with Crippen molar-refractivity contribution in [1.29, 1.82) is 0 Å². The Labute approximate surface area is 155 Å². The van der Waals surface area contributed by atoms with Crippen LogP contribution in [0, 0.1) is 12.7 Å². The summed E-state index contributed by atoms with van der Waals surface area (Å²) in [6, 6.07) is 21.0. The van der Waals surface area contributed by atoms with E-state index in [9.17, 15) is 9.18 Å². The zero-order valence-corrected chi connectivity index (χ0v) is 14.7. The Balaban J connectivity index is 1.73. The molecule has 0 saturated carbocycles. The van der Waals surface area contributed by atoms with Crippen LogP contribution < -0.4 is 10.4 Å². The lowest BCUT2D eigenvalue weighted by Gasteiger charge is -2.11. The number of hydrogen-bond acceptors (Lipinski definition) is 3. The van der Waals surface area contributed by atoms with Gasteiger partial charge in [0.2, 0.25) is 0 Å². The first kappa shape index (κ1) is 17.0. The first-order valence-electron chi connectivity index (χ1n) is 8.61. The van der Waals surface area contributed by atoms with E-state index in [1.165, 1.54) is 12.1 Å². The van der Waals surface area contributed by atoms with Crippen LogP contribution in [-0.4, -0.2) is 0 Å². The van der Waals surface area contributed by atoms with Gasteiger partial charge in [0.05, 0.1) is 5.56 Å². The fraction of sp³-hybridized carbons (Fsp3) is 0.0870. The van der Waals surface area contributed by atoms with Gasteiger partial charge in [0.15, 0.2) is 0 Å². The Morgan fingerprint density at radius 1 is 0.926 bits per heavy atom. The third-order valence-electron chi connectivity index (χ3n) is 4.35. The number of halogens is 1. The number of ether oxygens (including phenoxy) is 1. The second kappa shape index (κ2) is 7.08. The van der Waals surface area contributed by atoms with Crippen molar-refractivity contribution in [2.24, 2.45) is 0 Å². The molecule has 0 spiro atoms. The van der Waals surface area contributed by atoms with Crippen molar-refractivity contribution in [2.75, 3.05) is 0 Å². The maximum absolute atomic E-state index is 13.4. The molecule has 0 bridgehead atoms. The summed E-state index contributed by atoms with van der Waals surface area (Å²) in [5.74, 6) is 0.232. The molecule has 0 fully saturated rings. The second-order valence-electron chi connectivity index (χ2n) is 6.40. The highest BCUT2D eigenvalue weighted by Crippen LogP contribution is 2.30. The number of hydrogen-bond donors (Lipinski definition) is 0. The zero-order chi connectivity index (χ0) is 18.8. The molecule has 0 N–H and O–H groups in total. The van der Waals surface area contributed by atoms with Gasteiger partial charge in [-0.05, 0) is 48.9 Å². The van der Waals surface area contributed by atoms with Gasteiger partial charge in [-0.2, -0.15) is 0 Å². The monoisotopic (exact) mass is 360 g/mol. The summed E-state index contributed by atoms with van der Waals surface area (Å²) in [4.78, 5) is 12.5. The molecule has 1 heterocycles. The van der Waals surface area contributed by atoms with Gasteiger partial charge in [-0.15, -0.1) is 0 Å². The average Bonchev–Trinajstić information content (AvgIpc) is 2.66. The van der Waals surface area contributed by atoms with Crippen LogP contribution in [0.15, 0.2) is 82.0 Å². The summed E-state index contributed by atoms with van der Waals surface area (Å²) < 4.78 is 24.7. The normalized spacial score (nSPS) is 10.9. The number of aryl methyl sites for hydroxylation is 1. The Kier molecular flexibility index (Phi) is 4.47. The second-order valence-corrected chi connectivity index (χ2v) is 6.40. The van der Waals surface area contributed by atoms with Crippen molar-refractivity contribution in [3.05, 3.63) is 100 Å². The predicted octanol–water partition coefficient (Wildman–Crippen LogP) is 5.49. The highest BCUT2D eigenvalue weighted by molar-refractivity contribution is 5.83. The maximum Gasteiger partial charge on any atom is 0.344 e. The Morgan fingerprint density at radius 3 is 2.63 bits per heavy atom. The van der Waals surface area contributed by atoms with Crippen molar-refractivity contribution in [3.8, 4) is 16.9 Å². The van der Waals surface area contributed by atoms with Crippen LogP contribution in [-0.2, 0) is 6.61 Å². The van der Waals surface area contributed by atoms with Crippen LogP contribution in [0.1, 0.15) is 11.1 Å². The topological polar surface area (TPSA) is 39.4 Å². The molecule has 134 valence electrons. The van der Waals surface area contributed by atoms with E-state index >= 15 is 0 Å². The third kappa shape index (κ3) is 3.60. The minimum Gasteiger partial charge on any atom is -0.488 e. The number of benzene rings is 3. The standard InChI is InChI=1S/C23H17FO3/c1-15-9-10-21-17(11-15)13-20(23(25)27-21)19-7-2-3-8-22(19)26-14-16-5-4-6-18(24)12-16/h2-13H,14H2,1H3. The van der Waals surface area contributed by atoms with Crippen LogP contribution in [0.2, 0.25) is 0 Å². The fourth-order valence-corrected chi connectivity index (χ4v) is 3.03. The summed E-state index contributed by atoms with van der Waals surface area (Å²) in [7, 11) is 0. The molecule has 0 atom stereocenters. The van der Waals surface area contributed by atoms with Crippen LogP contribution >= 0.6 is 0 Å². The van der Waals surface area contributed by atoms with Crippen molar-refractivity contribution in [1.82, 2.24) is 0 Å². The largest absolute Gasteiger partial charge is 0.488 e. The smallest absolute Gasteiger partial charge is 0.344 e. The summed E-state index contributed by atoms with van der Waals surface area (Å²) in [6.07, 6.45) is 0. The van der Waals surface area contributed by atoms with E-state index in [-0.39, 0.29) is 12.4 Å². The first-order chi connectivity index (χ1) is 13.1. The van der Waals surface area contributed by atoms with E-state index in [4.69, 9.17) is 9.15 Å². The molecule has 0 saturated heterocycles. The number of para-hydroxylation sites is 1. The van der Waals surface area contributed by atoms with E-state index in [0.717, 1.165) is 10.9 Å². The van der Waals surface area contributed by atoms with Crippen LogP contribution in [0.4, 0.5) is 4.39 Å². The molecule has 0 aliphatic rings. The van der Waals surface area contributed by atoms with Gasteiger partial charge in [0.25, 0.3) is 0 Å². The third-order valence-corrected chi connectivity index (χ3v) is 4.35. The van der Waals surface area contributed by atoms with E-state index in [2.05, 4.69) is 0 Å². The van der Waals surface area contributed by atoms with E-state index in [0.29, 0.717) is 28.0 Å². The summed E-state index contributed by atoms with van der Waals surface area (Å²) in [6.45, 7) is 2.19. The number of rotatable bonds is 4. The molecule has 0 radical (unpaired) electrons. The molecule has 3 aromatic carbocycles. The van der Waals surface area contributed by atoms with Gasteiger partial charge < -0.3 is 9.15 Å². The molecular formula is C23H17FO3. The predicted molar refractivity (Wildman–Crippen MR) is 103 cm³/mol. The van der Waals surface area contributed by atoms with E-state index < -0.39 is 5.63 Å². The highest BCUT2D eigenvalue weighted by Gasteiger charge is 2.13. The van der Waals surface area contributed by atoms with Gasteiger partial charge >= 0.3 is 5.63 Å². The zero-order valence-electron chi connectivity index (χ0n) is 14.7. The van der Waals surface area contributed by atoms with Crippen molar-refractivity contribution >= 4 is 11.0 Å². The molecule has 4 heteroatoms. The molecule has 4 aromatic rings. The molecule has 0 unspecified atom stereocenters.